The Morgan fingerprint density at radius 2 is 1.97 bits per heavy atom. The van der Waals surface area contributed by atoms with Crippen LogP contribution in [0.25, 0.3) is 16.6 Å². The first kappa shape index (κ1) is 21.9. The zero-order valence-electron chi connectivity index (χ0n) is 19.7. The zero-order valence-corrected chi connectivity index (χ0v) is 19.7. The molecule has 0 unspecified atom stereocenters. The Morgan fingerprint density at radius 3 is 2.83 bits per heavy atom. The number of likely N-dealkylation sites (tertiary alicyclic amines) is 1. The van der Waals surface area contributed by atoms with E-state index in [1.54, 1.807) is 5.17 Å². The van der Waals surface area contributed by atoms with E-state index >= 15 is 0 Å². The van der Waals surface area contributed by atoms with Crippen molar-refractivity contribution in [3.63, 3.8) is 0 Å². The highest BCUT2D eigenvalue weighted by molar-refractivity contribution is 5.86. The van der Waals surface area contributed by atoms with Gasteiger partial charge < -0.3 is 19.6 Å². The van der Waals surface area contributed by atoms with Crippen LogP contribution in [0.15, 0.2) is 42.7 Å². The highest BCUT2D eigenvalue weighted by Crippen LogP contribution is 2.32. The maximum Gasteiger partial charge on any atom is 0.260 e. The summed E-state index contributed by atoms with van der Waals surface area (Å²) in [5.74, 6) is 0.700. The van der Waals surface area contributed by atoms with Crippen LogP contribution in [-0.4, -0.2) is 63.4 Å². The molecule has 3 N–H and O–H groups in total. The van der Waals surface area contributed by atoms with E-state index in [0.717, 1.165) is 55.1 Å². The number of H-pyrrole nitrogens is 1. The number of anilines is 2. The van der Waals surface area contributed by atoms with Crippen LogP contribution in [0.5, 0.6) is 5.88 Å². The SMILES string of the molecule is O=C(CCN1CCCCC1)N1CC=C(c2cc3c(ON4NNc5ccccc54)ncnc3[nH]2)CC1. The molecule has 0 spiro atoms. The van der Waals surface area contributed by atoms with Crippen LogP contribution in [-0.2, 0) is 4.79 Å². The van der Waals surface area contributed by atoms with Crippen LogP contribution < -0.4 is 21.0 Å². The average Bonchev–Trinajstić information content (AvgIpc) is 3.53. The Hall–Kier alpha value is -3.63. The van der Waals surface area contributed by atoms with Crippen LogP contribution in [0.4, 0.5) is 11.4 Å². The monoisotopic (exact) mass is 474 g/mol. The molecule has 0 saturated carbocycles. The van der Waals surface area contributed by atoms with Crippen molar-refractivity contribution in [1.29, 1.82) is 0 Å². The molecule has 1 amide bonds. The summed E-state index contributed by atoms with van der Waals surface area (Å²) in [6, 6.07) is 9.85. The minimum atomic E-state index is 0.246. The van der Waals surface area contributed by atoms with Gasteiger partial charge in [-0.1, -0.05) is 24.6 Å². The summed E-state index contributed by atoms with van der Waals surface area (Å²) in [5.41, 5.74) is 10.7. The van der Waals surface area contributed by atoms with Crippen molar-refractivity contribution in [3.05, 3.63) is 48.4 Å². The Kier molecular flexibility index (Phi) is 5.97. The Bertz CT molecular complexity index is 1250. The fourth-order valence-electron chi connectivity index (χ4n) is 4.98. The summed E-state index contributed by atoms with van der Waals surface area (Å²) < 4.78 is 0. The number of para-hydroxylation sites is 2. The van der Waals surface area contributed by atoms with Gasteiger partial charge in [0.1, 0.15) is 17.7 Å². The summed E-state index contributed by atoms with van der Waals surface area (Å²) in [6.07, 6.45) is 8.87. The van der Waals surface area contributed by atoms with E-state index in [-0.39, 0.29) is 5.91 Å². The van der Waals surface area contributed by atoms with Crippen LogP contribution in [0.3, 0.4) is 0 Å². The molecule has 0 aliphatic carbocycles. The van der Waals surface area contributed by atoms with E-state index in [1.165, 1.54) is 31.2 Å². The Morgan fingerprint density at radius 1 is 1.09 bits per heavy atom. The number of fused-ring (bicyclic) bond motifs is 2. The molecule has 6 rings (SSSR count). The summed E-state index contributed by atoms with van der Waals surface area (Å²) in [4.78, 5) is 35.3. The predicted octanol–water partition coefficient (Wildman–Crippen LogP) is 3.10. The van der Waals surface area contributed by atoms with Crippen LogP contribution in [0.1, 0.15) is 37.8 Å². The van der Waals surface area contributed by atoms with Crippen molar-refractivity contribution < 1.29 is 9.63 Å². The molecule has 5 heterocycles. The number of hydrogen-bond acceptors (Lipinski definition) is 8. The summed E-state index contributed by atoms with van der Waals surface area (Å²) in [6.45, 7) is 4.50. The number of nitrogens with zero attached hydrogens (tertiary/aromatic N) is 5. The fourth-order valence-corrected chi connectivity index (χ4v) is 4.98. The smallest absolute Gasteiger partial charge is 0.260 e. The molecule has 0 atom stereocenters. The van der Waals surface area contributed by atoms with Crippen LogP contribution in [0.2, 0.25) is 0 Å². The van der Waals surface area contributed by atoms with Gasteiger partial charge in [0.15, 0.2) is 0 Å². The molecule has 1 saturated heterocycles. The third kappa shape index (κ3) is 4.54. The second-order valence-corrected chi connectivity index (χ2v) is 9.24. The number of hydrogen-bond donors (Lipinski definition) is 3. The summed E-state index contributed by atoms with van der Waals surface area (Å²) in [5, 5.41) is 2.35. The molecule has 3 aromatic rings. The number of aromatic nitrogens is 3. The summed E-state index contributed by atoms with van der Waals surface area (Å²) in [7, 11) is 0. The molecule has 182 valence electrons. The van der Waals surface area contributed by atoms with Crippen molar-refractivity contribution in [3.8, 4) is 5.88 Å². The van der Waals surface area contributed by atoms with Gasteiger partial charge in [0.05, 0.1) is 11.1 Å². The first-order valence-corrected chi connectivity index (χ1v) is 12.4. The molecule has 1 aromatic carbocycles. The zero-order chi connectivity index (χ0) is 23.6. The third-order valence-electron chi connectivity index (χ3n) is 6.98. The van der Waals surface area contributed by atoms with Crippen molar-refractivity contribution in [1.82, 2.24) is 30.3 Å². The second kappa shape index (κ2) is 9.55. The lowest BCUT2D eigenvalue weighted by Gasteiger charge is -2.29. The number of carbonyl (C=O) groups is 1. The summed E-state index contributed by atoms with van der Waals surface area (Å²) >= 11 is 0. The van der Waals surface area contributed by atoms with Crippen molar-refractivity contribution in [2.75, 3.05) is 43.3 Å². The molecule has 35 heavy (non-hydrogen) atoms. The number of nitrogens with one attached hydrogen (secondary N) is 3. The first-order chi connectivity index (χ1) is 17.2. The van der Waals surface area contributed by atoms with E-state index in [0.29, 0.717) is 24.5 Å². The normalized spacial score (nSPS) is 18.3. The maximum atomic E-state index is 12.7. The van der Waals surface area contributed by atoms with Crippen molar-refractivity contribution >= 4 is 33.9 Å². The molecule has 1 fully saturated rings. The highest BCUT2D eigenvalue weighted by Gasteiger charge is 2.23. The van der Waals surface area contributed by atoms with Gasteiger partial charge in [-0.3, -0.25) is 10.2 Å². The predicted molar refractivity (Wildman–Crippen MR) is 134 cm³/mol. The van der Waals surface area contributed by atoms with E-state index in [4.69, 9.17) is 4.84 Å². The number of hydrazine groups is 2. The van der Waals surface area contributed by atoms with E-state index in [9.17, 15) is 4.79 Å². The van der Waals surface area contributed by atoms with Gasteiger partial charge in [0, 0.05) is 31.7 Å². The number of carbonyl (C=O) groups excluding carboxylic acids is 1. The van der Waals surface area contributed by atoms with Gasteiger partial charge in [-0.25, -0.2) is 4.98 Å². The number of rotatable bonds is 6. The molecule has 3 aliphatic heterocycles. The fraction of sp³-hybridized carbons (Fsp3) is 0.400. The standard InChI is InChI=1S/C25H30N8O2/c34-23(10-13-31-11-4-1-5-12-31)32-14-8-18(9-15-32)21-16-19-24(28-21)26-17-27-25(19)35-33-22-7-3-2-6-20(22)29-30-33/h2-3,6-8,16-17,29-30H,1,4-5,9-15H2,(H,26,27,28). The van der Waals surface area contributed by atoms with E-state index in [1.807, 2.05) is 35.2 Å². The molecule has 0 bridgehead atoms. The van der Waals surface area contributed by atoms with Gasteiger partial charge in [-0.2, -0.15) is 4.98 Å². The van der Waals surface area contributed by atoms with Gasteiger partial charge in [-0.15, -0.1) is 10.7 Å². The second-order valence-electron chi connectivity index (χ2n) is 9.24. The Labute approximate surface area is 203 Å². The van der Waals surface area contributed by atoms with Crippen molar-refractivity contribution in [2.45, 2.75) is 32.1 Å². The number of piperidine rings is 1. The minimum absolute atomic E-state index is 0.246. The highest BCUT2D eigenvalue weighted by atomic mass is 16.7. The number of aromatic amines is 1. The minimum Gasteiger partial charge on any atom is -0.341 e. The molecule has 2 aromatic heterocycles. The number of benzene rings is 1. The quantitative estimate of drug-likeness (QED) is 0.501. The third-order valence-corrected chi connectivity index (χ3v) is 6.98. The molecule has 10 nitrogen and oxygen atoms in total. The topological polar surface area (TPSA) is 102 Å². The molecule has 10 heteroatoms. The lowest BCUT2D eigenvalue weighted by molar-refractivity contribution is -0.131. The lowest BCUT2D eigenvalue weighted by atomic mass is 10.0. The van der Waals surface area contributed by atoms with Crippen LogP contribution in [0, 0.1) is 0 Å². The van der Waals surface area contributed by atoms with E-state index < -0.39 is 0 Å². The Balaban J connectivity index is 1.12. The molecular weight excluding hydrogens is 444 g/mol. The van der Waals surface area contributed by atoms with E-state index in [2.05, 4.69) is 36.9 Å². The molecule has 0 radical (unpaired) electrons. The number of amides is 1. The van der Waals surface area contributed by atoms with Gasteiger partial charge >= 0.3 is 0 Å². The molecule has 3 aliphatic rings. The average molecular weight is 475 g/mol. The van der Waals surface area contributed by atoms with Crippen LogP contribution >= 0.6 is 0 Å². The first-order valence-electron chi connectivity index (χ1n) is 12.4. The van der Waals surface area contributed by atoms with Gasteiger partial charge in [-0.05, 0) is 56.1 Å². The van der Waals surface area contributed by atoms with Gasteiger partial charge in [0.25, 0.3) is 5.88 Å². The largest absolute Gasteiger partial charge is 0.341 e. The lowest BCUT2D eigenvalue weighted by Crippen LogP contribution is -2.39. The van der Waals surface area contributed by atoms with Gasteiger partial charge in [0.2, 0.25) is 5.91 Å². The van der Waals surface area contributed by atoms with Crippen molar-refractivity contribution in [2.24, 2.45) is 0 Å². The maximum absolute atomic E-state index is 12.7. The molecular formula is C25H30N8O2.